The van der Waals surface area contributed by atoms with Crippen molar-refractivity contribution in [1.82, 2.24) is 5.32 Å². The molecule has 9 heteroatoms. The molecule has 140 valence electrons. The van der Waals surface area contributed by atoms with Crippen molar-refractivity contribution in [2.24, 2.45) is 11.7 Å². The van der Waals surface area contributed by atoms with Crippen LogP contribution >= 0.6 is 24.0 Å². The smallest absolute Gasteiger partial charge is 0.312 e. The second kappa shape index (κ2) is 9.79. The maximum absolute atomic E-state index is 12.4. The summed E-state index contributed by atoms with van der Waals surface area (Å²) in [7, 11) is 0. The van der Waals surface area contributed by atoms with Gasteiger partial charge in [-0.1, -0.05) is 24.4 Å². The first-order chi connectivity index (χ1) is 11.4. The van der Waals surface area contributed by atoms with Crippen LogP contribution < -0.4 is 15.8 Å². The number of hydrogen-bond donors (Lipinski definition) is 2. The van der Waals surface area contributed by atoms with Gasteiger partial charge in [0, 0.05) is 17.1 Å². The van der Waals surface area contributed by atoms with E-state index in [4.69, 9.17) is 22.1 Å². The first-order valence-corrected chi connectivity index (χ1v) is 8.41. The number of rotatable bonds is 6. The van der Waals surface area contributed by atoms with E-state index in [0.717, 1.165) is 25.7 Å². The van der Waals surface area contributed by atoms with Gasteiger partial charge in [-0.05, 0) is 44.4 Å². The Hall–Kier alpha value is -1.57. The van der Waals surface area contributed by atoms with Crippen LogP contribution in [0.25, 0.3) is 0 Å². The fourth-order valence-electron chi connectivity index (χ4n) is 2.96. The highest BCUT2D eigenvalue weighted by Gasteiger charge is 2.28. The number of nitro groups is 1. The highest BCUT2D eigenvalue weighted by atomic mass is 35.5. The standard InChI is InChI=1S/C16H22ClN3O4.ClH/c1-10(16(21)19-13-5-3-2-4-11(13)9-18)24-15-7-6-12(17)8-14(15)20(22)23;/h6-8,10-11,13H,2-5,9,18H2,1H3,(H,19,21);1H. The molecule has 0 heterocycles. The van der Waals surface area contributed by atoms with Crippen molar-refractivity contribution in [2.75, 3.05) is 6.54 Å². The lowest BCUT2D eigenvalue weighted by molar-refractivity contribution is -0.386. The first kappa shape index (κ1) is 21.5. The number of carbonyl (C=O) groups excluding carboxylic acids is 1. The van der Waals surface area contributed by atoms with Crippen LogP contribution in [0, 0.1) is 16.0 Å². The van der Waals surface area contributed by atoms with Crippen molar-refractivity contribution >= 4 is 35.6 Å². The van der Waals surface area contributed by atoms with Gasteiger partial charge in [-0.2, -0.15) is 0 Å². The van der Waals surface area contributed by atoms with E-state index in [2.05, 4.69) is 5.32 Å². The SMILES string of the molecule is CC(Oc1ccc(Cl)cc1[N+](=O)[O-])C(=O)NC1CCCCC1CN.Cl. The number of hydrogen-bond acceptors (Lipinski definition) is 5. The third-order valence-corrected chi connectivity index (χ3v) is 4.57. The van der Waals surface area contributed by atoms with Crippen LogP contribution in [0.15, 0.2) is 18.2 Å². The van der Waals surface area contributed by atoms with E-state index in [-0.39, 0.29) is 46.7 Å². The van der Waals surface area contributed by atoms with Gasteiger partial charge in [0.1, 0.15) is 0 Å². The van der Waals surface area contributed by atoms with Gasteiger partial charge in [0.25, 0.3) is 5.91 Å². The van der Waals surface area contributed by atoms with Crippen molar-refractivity contribution in [3.05, 3.63) is 33.3 Å². The molecule has 3 N–H and O–H groups in total. The fraction of sp³-hybridized carbons (Fsp3) is 0.562. The molecule has 1 amide bonds. The topological polar surface area (TPSA) is 107 Å². The zero-order chi connectivity index (χ0) is 17.7. The molecule has 2 rings (SSSR count). The Morgan fingerprint density at radius 1 is 1.48 bits per heavy atom. The van der Waals surface area contributed by atoms with Crippen molar-refractivity contribution < 1.29 is 14.5 Å². The molecule has 7 nitrogen and oxygen atoms in total. The molecule has 1 aromatic carbocycles. The van der Waals surface area contributed by atoms with Crippen LogP contribution in [0.3, 0.4) is 0 Å². The van der Waals surface area contributed by atoms with Crippen LogP contribution in [-0.4, -0.2) is 29.5 Å². The first-order valence-electron chi connectivity index (χ1n) is 8.03. The molecule has 0 radical (unpaired) electrons. The van der Waals surface area contributed by atoms with E-state index in [1.165, 1.54) is 18.2 Å². The summed E-state index contributed by atoms with van der Waals surface area (Å²) in [5.74, 6) is -0.0181. The molecule has 1 saturated carbocycles. The maximum atomic E-state index is 12.4. The quantitative estimate of drug-likeness (QED) is 0.572. The van der Waals surface area contributed by atoms with Crippen LogP contribution in [0.4, 0.5) is 5.69 Å². The summed E-state index contributed by atoms with van der Waals surface area (Å²) in [6.45, 7) is 2.09. The number of benzene rings is 1. The summed E-state index contributed by atoms with van der Waals surface area (Å²) in [6.07, 6.45) is 3.21. The summed E-state index contributed by atoms with van der Waals surface area (Å²) >= 11 is 5.77. The second-order valence-corrected chi connectivity index (χ2v) is 6.46. The zero-order valence-corrected chi connectivity index (χ0v) is 15.5. The van der Waals surface area contributed by atoms with E-state index in [9.17, 15) is 14.9 Å². The Morgan fingerprint density at radius 3 is 2.80 bits per heavy atom. The summed E-state index contributed by atoms with van der Waals surface area (Å²) in [5, 5.41) is 14.3. The van der Waals surface area contributed by atoms with E-state index >= 15 is 0 Å². The Bertz CT molecular complexity index is 615. The predicted molar refractivity (Wildman–Crippen MR) is 98.4 cm³/mol. The lowest BCUT2D eigenvalue weighted by Crippen LogP contribution is -2.48. The minimum absolute atomic E-state index is 0. The van der Waals surface area contributed by atoms with Crippen molar-refractivity contribution in [3.8, 4) is 5.75 Å². The van der Waals surface area contributed by atoms with Gasteiger partial charge < -0.3 is 15.8 Å². The summed E-state index contributed by atoms with van der Waals surface area (Å²) in [6, 6.07) is 4.11. The molecule has 0 saturated heterocycles. The number of carbonyl (C=O) groups is 1. The number of nitrogens with one attached hydrogen (secondary N) is 1. The van der Waals surface area contributed by atoms with Crippen LogP contribution in [0.5, 0.6) is 5.75 Å². The molecular weight excluding hydrogens is 369 g/mol. The van der Waals surface area contributed by atoms with Crippen LogP contribution in [0.1, 0.15) is 32.6 Å². The number of ether oxygens (including phenoxy) is 1. The molecule has 0 aromatic heterocycles. The summed E-state index contributed by atoms with van der Waals surface area (Å²) < 4.78 is 5.49. The zero-order valence-electron chi connectivity index (χ0n) is 13.9. The van der Waals surface area contributed by atoms with Gasteiger partial charge in [-0.25, -0.2) is 0 Å². The van der Waals surface area contributed by atoms with Gasteiger partial charge in [0.15, 0.2) is 11.9 Å². The number of nitro benzene ring substituents is 1. The average Bonchev–Trinajstić information content (AvgIpc) is 2.56. The maximum Gasteiger partial charge on any atom is 0.312 e. The van der Waals surface area contributed by atoms with Gasteiger partial charge >= 0.3 is 5.69 Å². The number of amides is 1. The van der Waals surface area contributed by atoms with Gasteiger partial charge in [0.05, 0.1) is 4.92 Å². The molecule has 3 atom stereocenters. The van der Waals surface area contributed by atoms with E-state index < -0.39 is 11.0 Å². The lowest BCUT2D eigenvalue weighted by atomic mass is 9.84. The van der Waals surface area contributed by atoms with Crippen molar-refractivity contribution in [3.63, 3.8) is 0 Å². The molecular formula is C16H23Cl2N3O4. The van der Waals surface area contributed by atoms with Gasteiger partial charge in [-0.3, -0.25) is 14.9 Å². The molecule has 0 aliphatic heterocycles. The number of halogens is 2. The predicted octanol–water partition coefficient (Wildman–Crippen LogP) is 3.07. The highest BCUT2D eigenvalue weighted by molar-refractivity contribution is 6.30. The van der Waals surface area contributed by atoms with E-state index in [1.54, 1.807) is 6.92 Å². The number of nitrogens with two attached hydrogens (primary N) is 1. The molecule has 3 unspecified atom stereocenters. The summed E-state index contributed by atoms with van der Waals surface area (Å²) in [5.41, 5.74) is 5.50. The summed E-state index contributed by atoms with van der Waals surface area (Å²) in [4.78, 5) is 22.8. The van der Waals surface area contributed by atoms with Crippen molar-refractivity contribution in [2.45, 2.75) is 44.8 Å². The van der Waals surface area contributed by atoms with Crippen LogP contribution in [-0.2, 0) is 4.79 Å². The van der Waals surface area contributed by atoms with Gasteiger partial charge in [-0.15, -0.1) is 12.4 Å². The van der Waals surface area contributed by atoms with E-state index in [1.807, 2.05) is 0 Å². The Balaban J connectivity index is 0.00000312. The molecule has 1 aromatic rings. The monoisotopic (exact) mass is 391 g/mol. The Morgan fingerprint density at radius 2 is 2.16 bits per heavy atom. The molecule has 1 aliphatic carbocycles. The molecule has 1 aliphatic rings. The minimum atomic E-state index is -0.856. The normalized spacial score (nSPS) is 20.9. The highest BCUT2D eigenvalue weighted by Crippen LogP contribution is 2.31. The molecule has 0 bridgehead atoms. The average molecular weight is 392 g/mol. The molecule has 25 heavy (non-hydrogen) atoms. The third-order valence-electron chi connectivity index (χ3n) is 4.33. The lowest BCUT2D eigenvalue weighted by Gasteiger charge is -2.32. The second-order valence-electron chi connectivity index (χ2n) is 6.02. The fourth-order valence-corrected chi connectivity index (χ4v) is 3.12. The van der Waals surface area contributed by atoms with Crippen molar-refractivity contribution in [1.29, 1.82) is 0 Å². The molecule has 1 fully saturated rings. The van der Waals surface area contributed by atoms with Crippen LogP contribution in [0.2, 0.25) is 5.02 Å². The Labute approximate surface area is 157 Å². The largest absolute Gasteiger partial charge is 0.474 e. The number of nitrogens with zero attached hydrogens (tertiary/aromatic N) is 1. The van der Waals surface area contributed by atoms with E-state index in [0.29, 0.717) is 6.54 Å². The third kappa shape index (κ3) is 5.73. The van der Waals surface area contributed by atoms with Gasteiger partial charge in [0.2, 0.25) is 0 Å². The Kier molecular flexibility index (Phi) is 8.41. The molecule has 0 spiro atoms. The minimum Gasteiger partial charge on any atom is -0.474 e.